The minimum absolute atomic E-state index is 0.0815. The first kappa shape index (κ1) is 15.5. The first-order valence-corrected chi connectivity index (χ1v) is 7.42. The van der Waals surface area contributed by atoms with Crippen LogP contribution < -0.4 is 5.32 Å². The Morgan fingerprint density at radius 2 is 1.76 bits per heavy atom. The lowest BCUT2D eigenvalue weighted by atomic mass is 10.00. The number of hydrogen-bond donors (Lipinski definition) is 1. The Bertz CT molecular complexity index is 676. The molecule has 0 fully saturated rings. The molecule has 2 aromatic rings. The molecule has 0 radical (unpaired) electrons. The van der Waals surface area contributed by atoms with Crippen molar-refractivity contribution < 1.29 is 4.92 Å². The Morgan fingerprint density at radius 3 is 2.33 bits per heavy atom. The summed E-state index contributed by atoms with van der Waals surface area (Å²) in [6, 6.07) is 9.01. The Kier molecular flexibility index (Phi) is 4.63. The average molecular weight is 349 g/mol. The summed E-state index contributed by atoms with van der Waals surface area (Å²) in [6.07, 6.45) is 0. The fraction of sp³-hybridized carbons (Fsp3) is 0.250. The number of aryl methyl sites for hydroxylation is 3. The number of rotatable bonds is 4. The van der Waals surface area contributed by atoms with Gasteiger partial charge in [0.25, 0.3) is 5.69 Å². The molecule has 0 aliphatic carbocycles. The maximum absolute atomic E-state index is 10.8. The standard InChI is InChI=1S/C16H17BrN2O2/c1-10-6-11(2)14(12(3)7-10)9-18-16-8-13(19(20)21)4-5-15(16)17/h4-8,18H,9H2,1-3H3. The Labute approximate surface area is 132 Å². The highest BCUT2D eigenvalue weighted by Crippen LogP contribution is 2.28. The van der Waals surface area contributed by atoms with Crippen LogP contribution in [0.5, 0.6) is 0 Å². The van der Waals surface area contributed by atoms with Crippen molar-refractivity contribution in [2.75, 3.05) is 5.32 Å². The first-order valence-electron chi connectivity index (χ1n) is 6.63. The van der Waals surface area contributed by atoms with Crippen molar-refractivity contribution in [1.82, 2.24) is 0 Å². The van der Waals surface area contributed by atoms with Crippen LogP contribution in [0.15, 0.2) is 34.8 Å². The van der Waals surface area contributed by atoms with Crippen LogP contribution in [-0.4, -0.2) is 4.92 Å². The van der Waals surface area contributed by atoms with Crippen molar-refractivity contribution >= 4 is 27.3 Å². The van der Waals surface area contributed by atoms with Crippen molar-refractivity contribution in [3.8, 4) is 0 Å². The van der Waals surface area contributed by atoms with Crippen LogP contribution >= 0.6 is 15.9 Å². The van der Waals surface area contributed by atoms with Gasteiger partial charge in [-0.2, -0.15) is 0 Å². The van der Waals surface area contributed by atoms with E-state index < -0.39 is 0 Å². The summed E-state index contributed by atoms with van der Waals surface area (Å²) in [7, 11) is 0. The van der Waals surface area contributed by atoms with Crippen molar-refractivity contribution in [1.29, 1.82) is 0 Å². The molecule has 2 aromatic carbocycles. The zero-order valence-electron chi connectivity index (χ0n) is 12.2. The van der Waals surface area contributed by atoms with E-state index in [9.17, 15) is 10.1 Å². The summed E-state index contributed by atoms with van der Waals surface area (Å²) >= 11 is 3.42. The molecule has 0 spiro atoms. The van der Waals surface area contributed by atoms with Gasteiger partial charge >= 0.3 is 0 Å². The predicted molar refractivity (Wildman–Crippen MR) is 88.8 cm³/mol. The fourth-order valence-electron chi connectivity index (χ4n) is 2.43. The first-order chi connectivity index (χ1) is 9.88. The zero-order valence-corrected chi connectivity index (χ0v) is 13.8. The molecule has 0 aliphatic rings. The molecule has 21 heavy (non-hydrogen) atoms. The largest absolute Gasteiger partial charge is 0.380 e. The number of benzene rings is 2. The van der Waals surface area contributed by atoms with Crippen LogP contribution in [0.1, 0.15) is 22.3 Å². The molecule has 110 valence electrons. The highest BCUT2D eigenvalue weighted by Gasteiger charge is 2.10. The molecule has 0 saturated heterocycles. The second-order valence-electron chi connectivity index (χ2n) is 5.15. The van der Waals surface area contributed by atoms with Gasteiger partial charge in [0.1, 0.15) is 0 Å². The van der Waals surface area contributed by atoms with E-state index in [-0.39, 0.29) is 10.6 Å². The van der Waals surface area contributed by atoms with E-state index in [0.717, 1.165) is 10.2 Å². The summed E-state index contributed by atoms with van der Waals surface area (Å²) in [5.41, 5.74) is 5.72. The molecule has 0 unspecified atom stereocenters. The van der Waals surface area contributed by atoms with Gasteiger partial charge in [-0.15, -0.1) is 0 Å². The maximum Gasteiger partial charge on any atom is 0.271 e. The molecule has 0 atom stereocenters. The smallest absolute Gasteiger partial charge is 0.271 e. The van der Waals surface area contributed by atoms with Crippen LogP contribution in [0, 0.1) is 30.9 Å². The van der Waals surface area contributed by atoms with Crippen LogP contribution in [0.25, 0.3) is 0 Å². The SMILES string of the molecule is Cc1cc(C)c(CNc2cc([N+](=O)[O-])ccc2Br)c(C)c1. The van der Waals surface area contributed by atoms with Gasteiger partial charge in [0.15, 0.2) is 0 Å². The molecule has 0 aromatic heterocycles. The minimum Gasteiger partial charge on any atom is -0.380 e. The number of nitrogens with zero attached hydrogens (tertiary/aromatic N) is 1. The van der Waals surface area contributed by atoms with Crippen LogP contribution in [0.2, 0.25) is 0 Å². The Morgan fingerprint density at radius 1 is 1.14 bits per heavy atom. The summed E-state index contributed by atoms with van der Waals surface area (Å²) in [5, 5.41) is 14.1. The van der Waals surface area contributed by atoms with Gasteiger partial charge in [-0.05, 0) is 59.5 Å². The van der Waals surface area contributed by atoms with Gasteiger partial charge in [0.2, 0.25) is 0 Å². The van der Waals surface area contributed by atoms with E-state index in [1.165, 1.54) is 28.3 Å². The van der Waals surface area contributed by atoms with Crippen LogP contribution in [0.3, 0.4) is 0 Å². The number of hydrogen-bond acceptors (Lipinski definition) is 3. The second-order valence-corrected chi connectivity index (χ2v) is 6.01. The van der Waals surface area contributed by atoms with E-state index in [0.29, 0.717) is 6.54 Å². The molecule has 0 amide bonds. The number of nitro groups is 1. The lowest BCUT2D eigenvalue weighted by molar-refractivity contribution is -0.384. The summed E-state index contributed by atoms with van der Waals surface area (Å²) in [5.74, 6) is 0. The van der Waals surface area contributed by atoms with Gasteiger partial charge in [0, 0.05) is 23.2 Å². The van der Waals surface area contributed by atoms with Crippen molar-refractivity contribution in [3.63, 3.8) is 0 Å². The van der Waals surface area contributed by atoms with Crippen molar-refractivity contribution in [2.45, 2.75) is 27.3 Å². The second kappa shape index (κ2) is 6.26. The van der Waals surface area contributed by atoms with Gasteiger partial charge < -0.3 is 5.32 Å². The third-order valence-corrected chi connectivity index (χ3v) is 4.15. The normalized spacial score (nSPS) is 10.5. The van der Waals surface area contributed by atoms with E-state index >= 15 is 0 Å². The predicted octanol–water partition coefficient (Wildman–Crippen LogP) is 4.89. The number of anilines is 1. The molecule has 0 aliphatic heterocycles. The fourth-order valence-corrected chi connectivity index (χ4v) is 2.82. The molecule has 2 rings (SSSR count). The number of nitrogens with one attached hydrogen (secondary N) is 1. The molecular weight excluding hydrogens is 332 g/mol. The number of non-ortho nitro benzene ring substituents is 1. The molecule has 5 heteroatoms. The van der Waals surface area contributed by atoms with Crippen molar-refractivity contribution in [2.24, 2.45) is 0 Å². The average Bonchev–Trinajstić information content (AvgIpc) is 2.39. The van der Waals surface area contributed by atoms with E-state index in [2.05, 4.69) is 54.2 Å². The van der Waals surface area contributed by atoms with Crippen LogP contribution in [0.4, 0.5) is 11.4 Å². The third kappa shape index (κ3) is 3.61. The highest BCUT2D eigenvalue weighted by molar-refractivity contribution is 9.10. The monoisotopic (exact) mass is 348 g/mol. The topological polar surface area (TPSA) is 55.2 Å². The Balaban J connectivity index is 2.24. The lowest BCUT2D eigenvalue weighted by Gasteiger charge is -2.14. The van der Waals surface area contributed by atoms with Gasteiger partial charge in [0.05, 0.1) is 10.6 Å². The minimum atomic E-state index is -0.389. The lowest BCUT2D eigenvalue weighted by Crippen LogP contribution is -2.05. The quantitative estimate of drug-likeness (QED) is 0.631. The highest BCUT2D eigenvalue weighted by atomic mass is 79.9. The maximum atomic E-state index is 10.8. The number of nitro benzene ring substituents is 1. The molecule has 1 N–H and O–H groups in total. The molecule has 0 saturated carbocycles. The molecule has 0 bridgehead atoms. The zero-order chi connectivity index (χ0) is 15.6. The van der Waals surface area contributed by atoms with Crippen LogP contribution in [-0.2, 0) is 6.54 Å². The summed E-state index contributed by atoms with van der Waals surface area (Å²) < 4.78 is 0.815. The van der Waals surface area contributed by atoms with E-state index in [1.54, 1.807) is 12.1 Å². The molecule has 4 nitrogen and oxygen atoms in total. The summed E-state index contributed by atoms with van der Waals surface area (Å²) in [6.45, 7) is 6.88. The van der Waals surface area contributed by atoms with Gasteiger partial charge in [-0.1, -0.05) is 17.7 Å². The van der Waals surface area contributed by atoms with Gasteiger partial charge in [-0.3, -0.25) is 10.1 Å². The number of halogens is 1. The van der Waals surface area contributed by atoms with E-state index in [1.807, 2.05) is 0 Å². The van der Waals surface area contributed by atoms with E-state index in [4.69, 9.17) is 0 Å². The Hall–Kier alpha value is -1.88. The third-order valence-electron chi connectivity index (χ3n) is 3.46. The summed E-state index contributed by atoms with van der Waals surface area (Å²) in [4.78, 5) is 10.5. The molecule has 0 heterocycles. The van der Waals surface area contributed by atoms with Crippen molar-refractivity contribution in [3.05, 3.63) is 67.2 Å². The molecular formula is C16H17BrN2O2. The van der Waals surface area contributed by atoms with Gasteiger partial charge in [-0.25, -0.2) is 0 Å².